The maximum Gasteiger partial charge on any atom is 0.221 e. The van der Waals surface area contributed by atoms with Crippen molar-refractivity contribution in [2.24, 2.45) is 11.7 Å². The Kier molecular flexibility index (Phi) is 5.72. The second kappa shape index (κ2) is 5.98. The van der Waals surface area contributed by atoms with E-state index in [1.54, 1.807) is 6.92 Å². The number of primary amides is 1. The van der Waals surface area contributed by atoms with Crippen molar-refractivity contribution in [1.29, 1.82) is 0 Å². The van der Waals surface area contributed by atoms with E-state index in [1.807, 2.05) is 13.8 Å². The third kappa shape index (κ3) is 3.64. The zero-order valence-electron chi connectivity index (χ0n) is 9.34. The largest absolute Gasteiger partial charge is 0.394 e. The Morgan fingerprint density at radius 3 is 2.29 bits per heavy atom. The van der Waals surface area contributed by atoms with E-state index in [2.05, 4.69) is 5.32 Å². The van der Waals surface area contributed by atoms with Crippen molar-refractivity contribution in [2.45, 2.75) is 39.2 Å². The van der Waals surface area contributed by atoms with E-state index in [1.165, 1.54) is 0 Å². The average Bonchev–Trinajstić information content (AvgIpc) is 2.20. The molecule has 0 aromatic rings. The number of amides is 1. The van der Waals surface area contributed by atoms with Gasteiger partial charge in [0, 0.05) is 18.0 Å². The van der Waals surface area contributed by atoms with Crippen LogP contribution in [0.25, 0.3) is 0 Å². The van der Waals surface area contributed by atoms with Crippen molar-refractivity contribution in [2.75, 3.05) is 13.2 Å². The molecule has 0 aliphatic heterocycles. The van der Waals surface area contributed by atoms with Crippen LogP contribution in [0.4, 0.5) is 0 Å². The Morgan fingerprint density at radius 1 is 1.50 bits per heavy atom. The van der Waals surface area contributed by atoms with Gasteiger partial charge in [0.15, 0.2) is 0 Å². The summed E-state index contributed by atoms with van der Waals surface area (Å²) in [6.45, 7) is 6.43. The van der Waals surface area contributed by atoms with Crippen LogP contribution in [0, 0.1) is 5.92 Å². The number of aliphatic hydroxyl groups is 1. The number of nitrogens with one attached hydrogen (secondary N) is 1. The predicted molar refractivity (Wildman–Crippen MR) is 56.8 cm³/mol. The molecule has 0 radical (unpaired) electrons. The number of hydrogen-bond acceptors (Lipinski definition) is 3. The highest BCUT2D eigenvalue weighted by atomic mass is 16.3. The number of aliphatic hydroxyl groups excluding tert-OH is 1. The maximum absolute atomic E-state index is 10.8. The summed E-state index contributed by atoms with van der Waals surface area (Å²) < 4.78 is 0. The van der Waals surface area contributed by atoms with Gasteiger partial charge in [-0.25, -0.2) is 0 Å². The minimum absolute atomic E-state index is 0.0888. The van der Waals surface area contributed by atoms with E-state index >= 15 is 0 Å². The Bertz CT molecular complexity index is 171. The minimum atomic E-state index is -0.309. The number of carbonyl (C=O) groups is 1. The molecule has 0 saturated carbocycles. The van der Waals surface area contributed by atoms with Crippen LogP contribution in [0.15, 0.2) is 0 Å². The minimum Gasteiger partial charge on any atom is -0.394 e. The van der Waals surface area contributed by atoms with E-state index in [0.29, 0.717) is 6.54 Å². The molecule has 4 N–H and O–H groups in total. The quantitative estimate of drug-likeness (QED) is 0.554. The van der Waals surface area contributed by atoms with Gasteiger partial charge in [-0.1, -0.05) is 20.8 Å². The summed E-state index contributed by atoms with van der Waals surface area (Å²) in [5, 5.41) is 12.5. The molecule has 0 heterocycles. The van der Waals surface area contributed by atoms with E-state index < -0.39 is 0 Å². The number of nitrogens with two attached hydrogens (primary N) is 1. The molecule has 1 amide bonds. The first-order valence-electron chi connectivity index (χ1n) is 5.16. The van der Waals surface area contributed by atoms with Crippen LogP contribution < -0.4 is 11.1 Å². The third-order valence-electron chi connectivity index (χ3n) is 2.93. The highest BCUT2D eigenvalue weighted by Gasteiger charge is 2.25. The molecule has 0 rings (SSSR count). The molecule has 1 unspecified atom stereocenters. The summed E-state index contributed by atoms with van der Waals surface area (Å²) in [5.41, 5.74) is 4.89. The van der Waals surface area contributed by atoms with Crippen LogP contribution >= 0.6 is 0 Å². The van der Waals surface area contributed by atoms with Crippen LogP contribution in [-0.4, -0.2) is 29.7 Å². The first-order valence-corrected chi connectivity index (χ1v) is 5.16. The van der Waals surface area contributed by atoms with E-state index in [-0.39, 0.29) is 24.0 Å². The molecule has 0 spiro atoms. The molecule has 0 aliphatic rings. The lowest BCUT2D eigenvalue weighted by atomic mass is 9.93. The van der Waals surface area contributed by atoms with E-state index in [4.69, 9.17) is 5.73 Å². The fraction of sp³-hybridized carbons (Fsp3) is 0.900. The highest BCUT2D eigenvalue weighted by molar-refractivity contribution is 5.76. The Morgan fingerprint density at radius 2 is 2.00 bits per heavy atom. The summed E-state index contributed by atoms with van der Waals surface area (Å²) in [7, 11) is 0. The summed E-state index contributed by atoms with van der Waals surface area (Å²) in [6, 6.07) is 0. The standard InChI is InChI=1S/C10H22N2O2/c1-4-10(5-2,7-13)12-6-8(3)9(11)14/h8,12-13H,4-7H2,1-3H3,(H2,11,14). The lowest BCUT2D eigenvalue weighted by molar-refractivity contribution is -0.121. The monoisotopic (exact) mass is 202 g/mol. The molecule has 0 aromatic carbocycles. The molecule has 0 bridgehead atoms. The van der Waals surface area contributed by atoms with Crippen molar-refractivity contribution in [3.8, 4) is 0 Å². The van der Waals surface area contributed by atoms with Gasteiger partial charge in [-0.05, 0) is 12.8 Å². The summed E-state index contributed by atoms with van der Waals surface area (Å²) in [6.07, 6.45) is 1.68. The van der Waals surface area contributed by atoms with Gasteiger partial charge in [0.2, 0.25) is 5.91 Å². The SMILES string of the molecule is CCC(CC)(CO)NCC(C)C(N)=O. The Labute approximate surface area is 85.9 Å². The number of rotatable bonds is 7. The topological polar surface area (TPSA) is 75.3 Å². The van der Waals surface area contributed by atoms with Crippen molar-refractivity contribution < 1.29 is 9.90 Å². The maximum atomic E-state index is 10.8. The molecule has 0 aliphatic carbocycles. The van der Waals surface area contributed by atoms with Crippen molar-refractivity contribution >= 4 is 5.91 Å². The predicted octanol–water partition coefficient (Wildman–Crippen LogP) is 0.248. The Balaban J connectivity index is 4.12. The molecular formula is C10H22N2O2. The van der Waals surface area contributed by atoms with Gasteiger partial charge in [0.25, 0.3) is 0 Å². The molecule has 14 heavy (non-hydrogen) atoms. The fourth-order valence-corrected chi connectivity index (χ4v) is 1.25. The zero-order chi connectivity index (χ0) is 11.2. The third-order valence-corrected chi connectivity index (χ3v) is 2.93. The summed E-state index contributed by atoms with van der Waals surface area (Å²) in [4.78, 5) is 10.8. The number of hydrogen-bond donors (Lipinski definition) is 3. The summed E-state index contributed by atoms with van der Waals surface area (Å²) >= 11 is 0. The van der Waals surface area contributed by atoms with Crippen LogP contribution in [0.1, 0.15) is 33.6 Å². The first-order chi connectivity index (χ1) is 6.51. The van der Waals surface area contributed by atoms with Gasteiger partial charge in [-0.15, -0.1) is 0 Å². The van der Waals surface area contributed by atoms with Crippen LogP contribution in [0.5, 0.6) is 0 Å². The average molecular weight is 202 g/mol. The van der Waals surface area contributed by atoms with Gasteiger partial charge in [0.1, 0.15) is 0 Å². The van der Waals surface area contributed by atoms with Gasteiger partial charge in [-0.2, -0.15) is 0 Å². The second-order valence-corrected chi connectivity index (χ2v) is 3.83. The zero-order valence-corrected chi connectivity index (χ0v) is 9.34. The molecule has 84 valence electrons. The smallest absolute Gasteiger partial charge is 0.221 e. The van der Waals surface area contributed by atoms with Crippen LogP contribution in [-0.2, 0) is 4.79 Å². The van der Waals surface area contributed by atoms with Gasteiger partial charge in [0.05, 0.1) is 6.61 Å². The lowest BCUT2D eigenvalue weighted by Crippen LogP contribution is -2.50. The van der Waals surface area contributed by atoms with Crippen molar-refractivity contribution in [3.05, 3.63) is 0 Å². The summed E-state index contributed by atoms with van der Waals surface area (Å²) in [5.74, 6) is -0.504. The molecule has 0 aromatic heterocycles. The normalized spacial score (nSPS) is 14.0. The van der Waals surface area contributed by atoms with E-state index in [0.717, 1.165) is 12.8 Å². The first kappa shape index (κ1) is 13.4. The molecule has 4 nitrogen and oxygen atoms in total. The number of carbonyl (C=O) groups excluding carboxylic acids is 1. The molecule has 0 saturated heterocycles. The molecule has 1 atom stereocenters. The van der Waals surface area contributed by atoms with E-state index in [9.17, 15) is 9.90 Å². The van der Waals surface area contributed by atoms with Crippen LogP contribution in [0.3, 0.4) is 0 Å². The highest BCUT2D eigenvalue weighted by Crippen LogP contribution is 2.14. The fourth-order valence-electron chi connectivity index (χ4n) is 1.25. The molecule has 0 fully saturated rings. The molecule has 4 heteroatoms. The van der Waals surface area contributed by atoms with Gasteiger partial charge in [-0.3, -0.25) is 4.79 Å². The van der Waals surface area contributed by atoms with Crippen molar-refractivity contribution in [3.63, 3.8) is 0 Å². The molecular weight excluding hydrogens is 180 g/mol. The van der Waals surface area contributed by atoms with Crippen LogP contribution in [0.2, 0.25) is 0 Å². The Hall–Kier alpha value is -0.610. The van der Waals surface area contributed by atoms with Crippen molar-refractivity contribution in [1.82, 2.24) is 5.32 Å². The van der Waals surface area contributed by atoms with Gasteiger partial charge >= 0.3 is 0 Å². The lowest BCUT2D eigenvalue weighted by Gasteiger charge is -2.31. The second-order valence-electron chi connectivity index (χ2n) is 3.83. The van der Waals surface area contributed by atoms with Gasteiger partial charge < -0.3 is 16.2 Å².